The fraction of sp³-hybridized carbons (Fsp3) is 0.533. The molecule has 1 aromatic rings. The van der Waals surface area contributed by atoms with Crippen LogP contribution in [0.1, 0.15) is 23.2 Å². The van der Waals surface area contributed by atoms with E-state index >= 15 is 0 Å². The number of anilines is 1. The number of methoxy groups -OCH3 is 1. The molecular weight excluding hydrogens is 286 g/mol. The van der Waals surface area contributed by atoms with Crippen LogP contribution in [0.4, 0.5) is 11.4 Å². The van der Waals surface area contributed by atoms with E-state index in [4.69, 9.17) is 4.74 Å². The molecule has 1 aromatic carbocycles. The second kappa shape index (κ2) is 6.74. The summed E-state index contributed by atoms with van der Waals surface area (Å²) in [4.78, 5) is 26.7. The third-order valence-corrected chi connectivity index (χ3v) is 3.97. The third-order valence-electron chi connectivity index (χ3n) is 3.97. The summed E-state index contributed by atoms with van der Waals surface area (Å²) in [6, 6.07) is 4.40. The van der Waals surface area contributed by atoms with Crippen molar-refractivity contribution in [1.29, 1.82) is 0 Å². The molecule has 1 fully saturated rings. The molecule has 0 unspecified atom stereocenters. The maximum atomic E-state index is 12.7. The Hall–Kier alpha value is -2.15. The molecule has 7 nitrogen and oxygen atoms in total. The highest BCUT2D eigenvalue weighted by molar-refractivity contribution is 6.00. The van der Waals surface area contributed by atoms with Gasteiger partial charge in [-0.2, -0.15) is 0 Å². The summed E-state index contributed by atoms with van der Waals surface area (Å²) in [5.74, 6) is -0.165. The van der Waals surface area contributed by atoms with E-state index in [0.29, 0.717) is 24.3 Å². The van der Waals surface area contributed by atoms with Gasteiger partial charge in [-0.15, -0.1) is 0 Å². The summed E-state index contributed by atoms with van der Waals surface area (Å²) in [6.07, 6.45) is 1.76. The van der Waals surface area contributed by atoms with Crippen molar-refractivity contribution in [3.8, 4) is 0 Å². The van der Waals surface area contributed by atoms with Crippen molar-refractivity contribution in [2.24, 2.45) is 0 Å². The largest absolute Gasteiger partial charge is 0.381 e. The van der Waals surface area contributed by atoms with Crippen LogP contribution in [-0.4, -0.2) is 56.1 Å². The van der Waals surface area contributed by atoms with E-state index < -0.39 is 4.92 Å². The van der Waals surface area contributed by atoms with Crippen molar-refractivity contribution in [2.75, 3.05) is 39.2 Å². The predicted octanol–water partition coefficient (Wildman–Crippen LogP) is 1.91. The normalized spacial score (nSPS) is 15.7. The van der Waals surface area contributed by atoms with Crippen molar-refractivity contribution < 1.29 is 14.5 Å². The quantitative estimate of drug-likeness (QED) is 0.627. The van der Waals surface area contributed by atoms with E-state index in [0.717, 1.165) is 12.8 Å². The number of piperidine rings is 1. The molecule has 0 bridgehead atoms. The van der Waals surface area contributed by atoms with E-state index in [1.165, 1.54) is 12.1 Å². The molecule has 7 heteroatoms. The number of nitrogens with zero attached hydrogens (tertiary/aromatic N) is 3. The minimum absolute atomic E-state index is 0.0688. The lowest BCUT2D eigenvalue weighted by Gasteiger charge is -2.32. The molecular formula is C15H21N3O4. The minimum Gasteiger partial charge on any atom is -0.381 e. The molecule has 0 aromatic heterocycles. The van der Waals surface area contributed by atoms with Crippen LogP contribution < -0.4 is 4.90 Å². The first kappa shape index (κ1) is 16.2. The number of rotatable bonds is 4. The Bertz CT molecular complexity index is 566. The topological polar surface area (TPSA) is 75.9 Å². The number of nitro groups is 1. The van der Waals surface area contributed by atoms with Gasteiger partial charge in [-0.05, 0) is 18.9 Å². The standard InChI is InChI=1S/C15H21N3O4/c1-16(2)14-5-4-11(18(20)21)10-13(14)15(19)17-8-6-12(22-3)7-9-17/h4-5,10,12H,6-9H2,1-3H3. The molecule has 1 saturated heterocycles. The number of carbonyl (C=O) groups excluding carboxylic acids is 1. The lowest BCUT2D eigenvalue weighted by molar-refractivity contribution is -0.384. The number of hydrogen-bond donors (Lipinski definition) is 0. The van der Waals surface area contributed by atoms with Gasteiger partial charge in [0.15, 0.2) is 0 Å². The predicted molar refractivity (Wildman–Crippen MR) is 83.4 cm³/mol. The van der Waals surface area contributed by atoms with E-state index in [9.17, 15) is 14.9 Å². The van der Waals surface area contributed by atoms with Crippen LogP contribution in [0.25, 0.3) is 0 Å². The van der Waals surface area contributed by atoms with Crippen molar-refractivity contribution in [3.05, 3.63) is 33.9 Å². The van der Waals surface area contributed by atoms with Gasteiger partial charge in [0.05, 0.1) is 16.6 Å². The molecule has 120 valence electrons. The van der Waals surface area contributed by atoms with Crippen molar-refractivity contribution in [1.82, 2.24) is 4.90 Å². The first-order valence-corrected chi connectivity index (χ1v) is 7.22. The highest BCUT2D eigenvalue weighted by atomic mass is 16.6. The number of likely N-dealkylation sites (tertiary alicyclic amines) is 1. The fourth-order valence-corrected chi connectivity index (χ4v) is 2.66. The number of carbonyl (C=O) groups is 1. The molecule has 0 atom stereocenters. The maximum Gasteiger partial charge on any atom is 0.270 e. The van der Waals surface area contributed by atoms with E-state index in [1.807, 2.05) is 14.1 Å². The van der Waals surface area contributed by atoms with Gasteiger partial charge in [0.25, 0.3) is 11.6 Å². The number of ether oxygens (including phenoxy) is 1. The Balaban J connectivity index is 2.27. The van der Waals surface area contributed by atoms with Gasteiger partial charge >= 0.3 is 0 Å². The molecule has 1 aliphatic rings. The molecule has 1 amide bonds. The number of nitro benzene ring substituents is 1. The maximum absolute atomic E-state index is 12.7. The Labute approximate surface area is 129 Å². The summed E-state index contributed by atoms with van der Waals surface area (Å²) in [5, 5.41) is 11.0. The molecule has 0 saturated carbocycles. The summed E-state index contributed by atoms with van der Waals surface area (Å²) < 4.78 is 5.30. The van der Waals surface area contributed by atoms with Crippen molar-refractivity contribution in [2.45, 2.75) is 18.9 Å². The summed E-state index contributed by atoms with van der Waals surface area (Å²) in [5.41, 5.74) is 0.986. The Morgan fingerprint density at radius 2 is 2.00 bits per heavy atom. The van der Waals surface area contributed by atoms with Gasteiger partial charge < -0.3 is 14.5 Å². The van der Waals surface area contributed by atoms with Crippen molar-refractivity contribution >= 4 is 17.3 Å². The summed E-state index contributed by atoms with van der Waals surface area (Å²) in [7, 11) is 5.30. The van der Waals surface area contributed by atoms with Gasteiger partial charge in [-0.1, -0.05) is 0 Å². The molecule has 0 N–H and O–H groups in total. The van der Waals surface area contributed by atoms with Gasteiger partial charge in [0, 0.05) is 52.1 Å². The van der Waals surface area contributed by atoms with Gasteiger partial charge in [0.1, 0.15) is 0 Å². The van der Waals surface area contributed by atoms with Crippen LogP contribution in [0, 0.1) is 10.1 Å². The second-order valence-electron chi connectivity index (χ2n) is 5.58. The van der Waals surface area contributed by atoms with Crippen LogP contribution in [-0.2, 0) is 4.74 Å². The number of non-ortho nitro benzene ring substituents is 1. The van der Waals surface area contributed by atoms with Crippen LogP contribution >= 0.6 is 0 Å². The highest BCUT2D eigenvalue weighted by Gasteiger charge is 2.26. The fourth-order valence-electron chi connectivity index (χ4n) is 2.66. The van der Waals surface area contributed by atoms with Crippen LogP contribution in [0.5, 0.6) is 0 Å². The molecule has 2 rings (SSSR count). The zero-order chi connectivity index (χ0) is 16.3. The van der Waals surface area contributed by atoms with Gasteiger partial charge in [-0.25, -0.2) is 0 Å². The third kappa shape index (κ3) is 3.36. The number of amides is 1. The molecule has 0 aliphatic carbocycles. The van der Waals surface area contributed by atoms with Crippen LogP contribution in [0.3, 0.4) is 0 Å². The van der Waals surface area contributed by atoms with E-state index in [-0.39, 0.29) is 17.7 Å². The molecule has 0 spiro atoms. The lowest BCUT2D eigenvalue weighted by atomic mass is 10.0. The van der Waals surface area contributed by atoms with E-state index in [1.54, 1.807) is 23.0 Å². The number of benzene rings is 1. The molecule has 1 aliphatic heterocycles. The first-order chi connectivity index (χ1) is 10.4. The molecule has 22 heavy (non-hydrogen) atoms. The molecule has 1 heterocycles. The summed E-state index contributed by atoms with van der Waals surface area (Å²) in [6.45, 7) is 1.21. The van der Waals surface area contributed by atoms with Gasteiger partial charge in [-0.3, -0.25) is 14.9 Å². The minimum atomic E-state index is -0.479. The van der Waals surface area contributed by atoms with Gasteiger partial charge in [0.2, 0.25) is 0 Å². The van der Waals surface area contributed by atoms with E-state index in [2.05, 4.69) is 0 Å². The Kier molecular flexibility index (Phi) is 4.97. The second-order valence-corrected chi connectivity index (χ2v) is 5.58. The average molecular weight is 307 g/mol. The van der Waals surface area contributed by atoms with Crippen molar-refractivity contribution in [3.63, 3.8) is 0 Å². The Morgan fingerprint density at radius 3 is 2.50 bits per heavy atom. The first-order valence-electron chi connectivity index (χ1n) is 7.22. The number of hydrogen-bond acceptors (Lipinski definition) is 5. The van der Waals surface area contributed by atoms with Crippen LogP contribution in [0.2, 0.25) is 0 Å². The molecule has 0 radical (unpaired) electrons. The highest BCUT2D eigenvalue weighted by Crippen LogP contribution is 2.26. The zero-order valence-electron chi connectivity index (χ0n) is 13.1. The SMILES string of the molecule is COC1CCN(C(=O)c2cc([N+](=O)[O-])ccc2N(C)C)CC1. The lowest BCUT2D eigenvalue weighted by Crippen LogP contribution is -2.41. The average Bonchev–Trinajstić information content (AvgIpc) is 2.53. The van der Waals surface area contributed by atoms with Crippen LogP contribution in [0.15, 0.2) is 18.2 Å². The summed E-state index contributed by atoms with van der Waals surface area (Å²) >= 11 is 0. The smallest absolute Gasteiger partial charge is 0.270 e. The Morgan fingerprint density at radius 1 is 1.36 bits per heavy atom. The zero-order valence-corrected chi connectivity index (χ0v) is 13.1. The monoisotopic (exact) mass is 307 g/mol.